The maximum atomic E-state index is 11.4. The van der Waals surface area contributed by atoms with Crippen molar-refractivity contribution in [2.45, 2.75) is 56.6 Å². The van der Waals surface area contributed by atoms with E-state index in [4.69, 9.17) is 4.74 Å². The number of esters is 1. The van der Waals surface area contributed by atoms with Gasteiger partial charge in [0.15, 0.2) is 0 Å². The first-order valence-corrected chi connectivity index (χ1v) is 6.52. The van der Waals surface area contributed by atoms with Crippen LogP contribution in [0.1, 0.15) is 26.2 Å². The summed E-state index contributed by atoms with van der Waals surface area (Å²) < 4.78 is 5.19. The molecule has 6 heteroatoms. The summed E-state index contributed by atoms with van der Waals surface area (Å²) in [6, 6.07) is -0.443. The van der Waals surface area contributed by atoms with Gasteiger partial charge in [-0.1, -0.05) is 6.92 Å². The molecule has 5 atom stereocenters. The van der Waals surface area contributed by atoms with Crippen LogP contribution in [0.4, 0.5) is 0 Å². The monoisotopic (exact) mass is 259 g/mol. The highest BCUT2D eigenvalue weighted by atomic mass is 16.6. The molecule has 0 spiro atoms. The highest BCUT2D eigenvalue weighted by Crippen LogP contribution is 2.29. The summed E-state index contributed by atoms with van der Waals surface area (Å²) in [4.78, 5) is 13.3. The van der Waals surface area contributed by atoms with E-state index < -0.39 is 30.5 Å². The summed E-state index contributed by atoms with van der Waals surface area (Å²) in [6.45, 7) is 2.90. The SMILES string of the molecule is CCCC(=O)OC1CN2CCC(O)C2C(O)C1O. The molecule has 0 aliphatic carbocycles. The molecule has 3 N–H and O–H groups in total. The van der Waals surface area contributed by atoms with E-state index >= 15 is 0 Å². The van der Waals surface area contributed by atoms with Crippen molar-refractivity contribution in [2.24, 2.45) is 0 Å². The molecular weight excluding hydrogens is 238 g/mol. The molecule has 104 valence electrons. The van der Waals surface area contributed by atoms with E-state index in [1.807, 2.05) is 11.8 Å². The summed E-state index contributed by atoms with van der Waals surface area (Å²) >= 11 is 0. The lowest BCUT2D eigenvalue weighted by Gasteiger charge is -2.42. The normalized spacial score (nSPS) is 40.6. The summed E-state index contributed by atoms with van der Waals surface area (Å²) in [5, 5.41) is 29.7. The van der Waals surface area contributed by atoms with Crippen molar-refractivity contribution >= 4 is 5.97 Å². The van der Waals surface area contributed by atoms with E-state index in [1.165, 1.54) is 0 Å². The summed E-state index contributed by atoms with van der Waals surface area (Å²) in [5.41, 5.74) is 0. The van der Waals surface area contributed by atoms with Crippen LogP contribution in [0.3, 0.4) is 0 Å². The Morgan fingerprint density at radius 1 is 1.33 bits per heavy atom. The van der Waals surface area contributed by atoms with Gasteiger partial charge in [-0.05, 0) is 12.8 Å². The lowest BCUT2D eigenvalue weighted by molar-refractivity contribution is -0.178. The fourth-order valence-electron chi connectivity index (χ4n) is 2.82. The summed E-state index contributed by atoms with van der Waals surface area (Å²) in [6.07, 6.45) is -1.96. The van der Waals surface area contributed by atoms with E-state index in [0.717, 1.165) is 0 Å². The molecule has 0 saturated carbocycles. The molecule has 6 nitrogen and oxygen atoms in total. The van der Waals surface area contributed by atoms with Crippen molar-refractivity contribution in [2.75, 3.05) is 13.1 Å². The second-order valence-corrected chi connectivity index (χ2v) is 5.10. The molecule has 2 rings (SSSR count). The Hall–Kier alpha value is -0.690. The first-order chi connectivity index (χ1) is 8.54. The van der Waals surface area contributed by atoms with Crippen molar-refractivity contribution < 1.29 is 24.9 Å². The number of rotatable bonds is 3. The molecule has 0 aromatic heterocycles. The van der Waals surface area contributed by atoms with Gasteiger partial charge in [0.1, 0.15) is 18.3 Å². The number of aliphatic hydroxyl groups is 3. The topological polar surface area (TPSA) is 90.2 Å². The van der Waals surface area contributed by atoms with Crippen LogP contribution in [0.2, 0.25) is 0 Å². The van der Waals surface area contributed by atoms with Crippen LogP contribution >= 0.6 is 0 Å². The summed E-state index contributed by atoms with van der Waals surface area (Å²) in [5.74, 6) is -0.355. The molecule has 0 aromatic rings. The Kier molecular flexibility index (Phi) is 4.21. The number of carbonyl (C=O) groups excluding carboxylic acids is 1. The number of aliphatic hydroxyl groups excluding tert-OH is 3. The van der Waals surface area contributed by atoms with Gasteiger partial charge in [0.2, 0.25) is 0 Å². The van der Waals surface area contributed by atoms with Crippen LogP contribution in [0, 0.1) is 0 Å². The Morgan fingerprint density at radius 3 is 2.72 bits per heavy atom. The third-order valence-corrected chi connectivity index (χ3v) is 3.76. The molecule has 2 saturated heterocycles. The van der Waals surface area contributed by atoms with E-state index in [0.29, 0.717) is 32.4 Å². The molecule has 0 radical (unpaired) electrons. The zero-order valence-electron chi connectivity index (χ0n) is 10.5. The van der Waals surface area contributed by atoms with E-state index in [-0.39, 0.29) is 5.97 Å². The van der Waals surface area contributed by atoms with Crippen molar-refractivity contribution in [1.29, 1.82) is 0 Å². The van der Waals surface area contributed by atoms with Gasteiger partial charge in [0.05, 0.1) is 12.1 Å². The van der Waals surface area contributed by atoms with Crippen molar-refractivity contribution in [3.05, 3.63) is 0 Å². The number of ether oxygens (including phenoxy) is 1. The highest BCUT2D eigenvalue weighted by molar-refractivity contribution is 5.69. The van der Waals surface area contributed by atoms with Crippen molar-refractivity contribution in [3.8, 4) is 0 Å². The van der Waals surface area contributed by atoms with Gasteiger partial charge in [-0.3, -0.25) is 9.69 Å². The molecule has 5 unspecified atom stereocenters. The molecule has 2 heterocycles. The number of piperidine rings is 1. The second kappa shape index (κ2) is 5.52. The number of fused-ring (bicyclic) bond motifs is 1. The third-order valence-electron chi connectivity index (χ3n) is 3.76. The highest BCUT2D eigenvalue weighted by Gasteiger charge is 2.49. The van der Waals surface area contributed by atoms with Crippen LogP contribution in [-0.2, 0) is 9.53 Å². The summed E-state index contributed by atoms with van der Waals surface area (Å²) in [7, 11) is 0. The Bertz CT molecular complexity index is 311. The quantitative estimate of drug-likeness (QED) is 0.556. The molecular formula is C12H21NO5. The smallest absolute Gasteiger partial charge is 0.306 e. The van der Waals surface area contributed by atoms with Gasteiger partial charge in [-0.25, -0.2) is 0 Å². The van der Waals surface area contributed by atoms with E-state index in [9.17, 15) is 20.1 Å². The molecule has 18 heavy (non-hydrogen) atoms. The minimum absolute atomic E-state index is 0.311. The van der Waals surface area contributed by atoms with Crippen LogP contribution in [0.25, 0.3) is 0 Å². The van der Waals surface area contributed by atoms with Crippen molar-refractivity contribution in [3.63, 3.8) is 0 Å². The average Bonchev–Trinajstić information content (AvgIpc) is 2.67. The lowest BCUT2D eigenvalue weighted by atomic mass is 9.93. The van der Waals surface area contributed by atoms with Crippen LogP contribution in [0.15, 0.2) is 0 Å². The van der Waals surface area contributed by atoms with Gasteiger partial charge in [0.25, 0.3) is 0 Å². The lowest BCUT2D eigenvalue weighted by Crippen LogP contribution is -2.62. The first-order valence-electron chi connectivity index (χ1n) is 6.52. The third kappa shape index (κ3) is 2.51. The van der Waals surface area contributed by atoms with Crippen LogP contribution < -0.4 is 0 Å². The number of carbonyl (C=O) groups is 1. The van der Waals surface area contributed by atoms with Gasteiger partial charge in [0, 0.05) is 19.5 Å². The molecule has 2 aliphatic rings. The molecule has 0 amide bonds. The molecule has 2 fully saturated rings. The minimum Gasteiger partial charge on any atom is -0.458 e. The van der Waals surface area contributed by atoms with Gasteiger partial charge < -0.3 is 20.1 Å². The minimum atomic E-state index is -1.13. The van der Waals surface area contributed by atoms with Crippen LogP contribution in [0.5, 0.6) is 0 Å². The predicted molar refractivity (Wildman–Crippen MR) is 62.8 cm³/mol. The fraction of sp³-hybridized carbons (Fsp3) is 0.917. The molecule has 2 aliphatic heterocycles. The maximum absolute atomic E-state index is 11.4. The number of hydrogen-bond acceptors (Lipinski definition) is 6. The first kappa shape index (κ1) is 13.7. The Labute approximate surface area is 106 Å². The largest absolute Gasteiger partial charge is 0.458 e. The Morgan fingerprint density at radius 2 is 2.06 bits per heavy atom. The zero-order valence-corrected chi connectivity index (χ0v) is 10.5. The van der Waals surface area contributed by atoms with Gasteiger partial charge in [-0.15, -0.1) is 0 Å². The predicted octanol–water partition coefficient (Wildman–Crippen LogP) is -1.13. The van der Waals surface area contributed by atoms with E-state index in [1.54, 1.807) is 0 Å². The van der Waals surface area contributed by atoms with Crippen molar-refractivity contribution in [1.82, 2.24) is 4.90 Å². The number of nitrogens with zero attached hydrogens (tertiary/aromatic N) is 1. The molecule has 0 aromatic carbocycles. The standard InChI is InChI=1S/C12H21NO5/c1-2-3-9(15)18-8-6-13-5-4-7(14)10(13)12(17)11(8)16/h7-8,10-12,14,16-17H,2-6H2,1H3. The Balaban J connectivity index is 2.00. The van der Waals surface area contributed by atoms with Gasteiger partial charge in [-0.2, -0.15) is 0 Å². The zero-order chi connectivity index (χ0) is 13.3. The van der Waals surface area contributed by atoms with Gasteiger partial charge >= 0.3 is 5.97 Å². The van der Waals surface area contributed by atoms with E-state index in [2.05, 4.69) is 0 Å². The second-order valence-electron chi connectivity index (χ2n) is 5.10. The maximum Gasteiger partial charge on any atom is 0.306 e. The average molecular weight is 259 g/mol. The fourth-order valence-corrected chi connectivity index (χ4v) is 2.82. The number of hydrogen-bond donors (Lipinski definition) is 3. The molecule has 0 bridgehead atoms. The van der Waals surface area contributed by atoms with Crippen LogP contribution in [-0.4, -0.2) is 69.7 Å².